The summed E-state index contributed by atoms with van der Waals surface area (Å²) in [7, 11) is 0. The van der Waals surface area contributed by atoms with Crippen molar-refractivity contribution in [2.75, 3.05) is 39.3 Å². The molecule has 3 heteroatoms. The third-order valence-electron chi connectivity index (χ3n) is 3.34. The van der Waals surface area contributed by atoms with Gasteiger partial charge in [-0.05, 0) is 25.0 Å². The molecule has 0 spiro atoms. The maximum Gasteiger partial charge on any atom is 0.127 e. The number of rotatable bonds is 6. The van der Waals surface area contributed by atoms with Crippen LogP contribution in [0.5, 0.6) is 5.75 Å². The molecule has 1 aromatic carbocycles. The standard InChI is InChI=1S/C14H22N2O/c1-2-6-14(7-3-1)17-13-5-4-10-16-11-8-15-9-12-16/h1-3,6-7,15H,4-5,8-13H2/p+2. The Morgan fingerprint density at radius 1 is 1.06 bits per heavy atom. The van der Waals surface area contributed by atoms with E-state index in [0.29, 0.717) is 0 Å². The van der Waals surface area contributed by atoms with Crippen LogP contribution in [0.25, 0.3) is 0 Å². The molecule has 1 aromatic rings. The Bertz CT molecular complexity index is 296. The molecule has 1 saturated heterocycles. The minimum atomic E-state index is 0.851. The van der Waals surface area contributed by atoms with Crippen LogP contribution in [0.4, 0.5) is 0 Å². The largest absolute Gasteiger partial charge is 0.494 e. The van der Waals surface area contributed by atoms with Crippen LogP contribution >= 0.6 is 0 Å². The predicted octanol–water partition coefficient (Wildman–Crippen LogP) is -0.692. The highest BCUT2D eigenvalue weighted by Gasteiger charge is 2.14. The fourth-order valence-corrected chi connectivity index (χ4v) is 2.32. The number of quaternary nitrogens is 2. The number of hydrogen-bond donors (Lipinski definition) is 2. The lowest BCUT2D eigenvalue weighted by Gasteiger charge is -2.21. The average molecular weight is 236 g/mol. The highest BCUT2D eigenvalue weighted by atomic mass is 16.5. The lowest BCUT2D eigenvalue weighted by atomic mass is 10.2. The number of nitrogens with two attached hydrogens (primary N) is 1. The quantitative estimate of drug-likeness (QED) is 0.629. The summed E-state index contributed by atoms with van der Waals surface area (Å²) in [6, 6.07) is 10.1. The second-order valence-electron chi connectivity index (χ2n) is 4.73. The van der Waals surface area contributed by atoms with E-state index in [1.807, 2.05) is 30.3 Å². The van der Waals surface area contributed by atoms with E-state index >= 15 is 0 Å². The maximum absolute atomic E-state index is 5.68. The lowest BCUT2D eigenvalue weighted by molar-refractivity contribution is -0.946. The van der Waals surface area contributed by atoms with Crippen molar-refractivity contribution in [3.8, 4) is 5.75 Å². The molecule has 1 aliphatic rings. The van der Waals surface area contributed by atoms with Gasteiger partial charge in [-0.25, -0.2) is 0 Å². The topological polar surface area (TPSA) is 30.3 Å². The van der Waals surface area contributed by atoms with Crippen molar-refractivity contribution in [3.05, 3.63) is 30.3 Å². The third kappa shape index (κ3) is 4.75. The Balaban J connectivity index is 1.51. The van der Waals surface area contributed by atoms with E-state index in [-0.39, 0.29) is 0 Å². The van der Waals surface area contributed by atoms with Crippen LogP contribution in [0, 0.1) is 0 Å². The summed E-state index contributed by atoms with van der Waals surface area (Å²) in [4.78, 5) is 1.77. The molecule has 3 N–H and O–H groups in total. The first kappa shape index (κ1) is 12.4. The first-order valence-corrected chi connectivity index (χ1v) is 6.78. The van der Waals surface area contributed by atoms with Crippen molar-refractivity contribution < 1.29 is 15.0 Å². The zero-order valence-corrected chi connectivity index (χ0v) is 10.5. The van der Waals surface area contributed by atoms with E-state index in [9.17, 15) is 0 Å². The molecule has 0 aromatic heterocycles. The van der Waals surface area contributed by atoms with Crippen molar-refractivity contribution in [2.24, 2.45) is 0 Å². The van der Waals surface area contributed by atoms with E-state index in [4.69, 9.17) is 4.74 Å². The summed E-state index contributed by atoms with van der Waals surface area (Å²) < 4.78 is 5.68. The smallest absolute Gasteiger partial charge is 0.127 e. The highest BCUT2D eigenvalue weighted by Crippen LogP contribution is 2.08. The lowest BCUT2D eigenvalue weighted by Crippen LogP contribution is -3.20. The molecule has 0 aliphatic carbocycles. The fraction of sp³-hybridized carbons (Fsp3) is 0.571. The number of hydrogen-bond acceptors (Lipinski definition) is 1. The van der Waals surface area contributed by atoms with Crippen LogP contribution in [-0.2, 0) is 0 Å². The molecule has 3 nitrogen and oxygen atoms in total. The molecule has 1 aliphatic heterocycles. The Morgan fingerprint density at radius 2 is 1.82 bits per heavy atom. The first-order valence-electron chi connectivity index (χ1n) is 6.78. The Morgan fingerprint density at radius 3 is 2.59 bits per heavy atom. The van der Waals surface area contributed by atoms with Gasteiger partial charge in [-0.15, -0.1) is 0 Å². The number of para-hydroxylation sites is 1. The SMILES string of the molecule is c1ccc(OCCCC[NH+]2CC[NH2+]CC2)cc1. The molecule has 0 radical (unpaired) electrons. The molecule has 1 fully saturated rings. The van der Waals surface area contributed by atoms with Crippen LogP contribution in [0.2, 0.25) is 0 Å². The molecular weight excluding hydrogens is 212 g/mol. The second-order valence-corrected chi connectivity index (χ2v) is 4.73. The highest BCUT2D eigenvalue weighted by molar-refractivity contribution is 5.20. The minimum Gasteiger partial charge on any atom is -0.494 e. The summed E-state index contributed by atoms with van der Waals surface area (Å²) in [6.45, 7) is 7.43. The number of ether oxygens (including phenoxy) is 1. The van der Waals surface area contributed by atoms with E-state index in [1.54, 1.807) is 4.90 Å². The Labute approximate surface area is 104 Å². The van der Waals surface area contributed by atoms with Gasteiger partial charge in [0.05, 0.1) is 13.2 Å². The van der Waals surface area contributed by atoms with Crippen molar-refractivity contribution in [2.45, 2.75) is 12.8 Å². The molecule has 1 heterocycles. The van der Waals surface area contributed by atoms with Gasteiger partial charge < -0.3 is 15.0 Å². The monoisotopic (exact) mass is 236 g/mol. The van der Waals surface area contributed by atoms with Gasteiger partial charge in [-0.2, -0.15) is 0 Å². The zero-order chi connectivity index (χ0) is 11.8. The van der Waals surface area contributed by atoms with Crippen LogP contribution < -0.4 is 15.0 Å². The second kappa shape index (κ2) is 7.30. The van der Waals surface area contributed by atoms with Gasteiger partial charge in [0.1, 0.15) is 31.9 Å². The van der Waals surface area contributed by atoms with Gasteiger partial charge in [-0.1, -0.05) is 18.2 Å². The van der Waals surface area contributed by atoms with Crippen molar-refractivity contribution >= 4 is 0 Å². The zero-order valence-electron chi connectivity index (χ0n) is 10.5. The summed E-state index contributed by atoms with van der Waals surface area (Å²) >= 11 is 0. The van der Waals surface area contributed by atoms with E-state index in [1.165, 1.54) is 45.6 Å². The molecule has 17 heavy (non-hydrogen) atoms. The van der Waals surface area contributed by atoms with Crippen LogP contribution in [0.3, 0.4) is 0 Å². The molecule has 0 saturated carbocycles. The normalized spacial score (nSPS) is 16.9. The number of benzene rings is 1. The van der Waals surface area contributed by atoms with Crippen molar-refractivity contribution in [1.82, 2.24) is 0 Å². The predicted molar refractivity (Wildman–Crippen MR) is 68.4 cm³/mol. The summed E-state index contributed by atoms with van der Waals surface area (Å²) in [5, 5.41) is 2.42. The van der Waals surface area contributed by atoms with Gasteiger partial charge >= 0.3 is 0 Å². The third-order valence-corrected chi connectivity index (χ3v) is 3.34. The number of piperazine rings is 1. The molecular formula is C14H24N2O+2. The Kier molecular flexibility index (Phi) is 5.33. The number of unbranched alkanes of at least 4 members (excludes halogenated alkanes) is 1. The number of nitrogens with one attached hydrogen (secondary N) is 1. The van der Waals surface area contributed by atoms with E-state index in [0.717, 1.165) is 12.4 Å². The van der Waals surface area contributed by atoms with Gasteiger partial charge in [0.2, 0.25) is 0 Å². The molecule has 2 rings (SSSR count). The van der Waals surface area contributed by atoms with Crippen molar-refractivity contribution in [1.29, 1.82) is 0 Å². The van der Waals surface area contributed by atoms with Crippen molar-refractivity contribution in [3.63, 3.8) is 0 Å². The van der Waals surface area contributed by atoms with Gasteiger partial charge in [0, 0.05) is 0 Å². The van der Waals surface area contributed by atoms with Crippen LogP contribution in [-0.4, -0.2) is 39.3 Å². The first-order chi connectivity index (χ1) is 8.45. The minimum absolute atomic E-state index is 0.851. The maximum atomic E-state index is 5.68. The van der Waals surface area contributed by atoms with E-state index in [2.05, 4.69) is 5.32 Å². The van der Waals surface area contributed by atoms with Crippen LogP contribution in [0.1, 0.15) is 12.8 Å². The van der Waals surface area contributed by atoms with Gasteiger partial charge in [0.25, 0.3) is 0 Å². The van der Waals surface area contributed by atoms with E-state index < -0.39 is 0 Å². The molecule has 0 bridgehead atoms. The Hall–Kier alpha value is -1.06. The molecule has 0 amide bonds. The molecule has 94 valence electrons. The molecule has 0 unspecified atom stereocenters. The van der Waals surface area contributed by atoms with Crippen LogP contribution in [0.15, 0.2) is 30.3 Å². The van der Waals surface area contributed by atoms with Gasteiger partial charge in [0.15, 0.2) is 0 Å². The fourth-order valence-electron chi connectivity index (χ4n) is 2.32. The summed E-state index contributed by atoms with van der Waals surface area (Å²) in [6.07, 6.45) is 2.45. The van der Waals surface area contributed by atoms with Gasteiger partial charge in [-0.3, -0.25) is 0 Å². The summed E-state index contributed by atoms with van der Waals surface area (Å²) in [5.41, 5.74) is 0. The average Bonchev–Trinajstić information content (AvgIpc) is 2.41. The molecule has 0 atom stereocenters. The summed E-state index contributed by atoms with van der Waals surface area (Å²) in [5.74, 6) is 0.993.